The van der Waals surface area contributed by atoms with E-state index in [1.54, 1.807) is 11.4 Å². The summed E-state index contributed by atoms with van der Waals surface area (Å²) in [6.07, 6.45) is 0.562. The van der Waals surface area contributed by atoms with Gasteiger partial charge in [0.25, 0.3) is 5.91 Å². The Bertz CT molecular complexity index is 541. The smallest absolute Gasteiger partial charge is 0.272 e. The van der Waals surface area contributed by atoms with Crippen molar-refractivity contribution in [3.8, 4) is 6.07 Å². The Hall–Kier alpha value is -2.20. The number of carbonyl (C=O) groups excluding carboxylic acids is 2. The number of hydrogen-bond acceptors (Lipinski definition) is 5. The van der Waals surface area contributed by atoms with Crippen molar-refractivity contribution in [3.05, 3.63) is 17.0 Å². The van der Waals surface area contributed by atoms with E-state index in [0.717, 1.165) is 0 Å². The summed E-state index contributed by atoms with van der Waals surface area (Å²) in [5.74, 6) is -0.584. The molecular weight excluding hydrogens is 240 g/mol. The number of hydrazone groups is 1. The molecule has 0 radical (unpaired) electrons. The normalized spacial score (nSPS) is 14.5. The Labute approximate surface area is 101 Å². The van der Waals surface area contributed by atoms with E-state index < -0.39 is 0 Å². The molecule has 0 aliphatic carbocycles. The minimum atomic E-state index is -0.385. The van der Waals surface area contributed by atoms with Crippen LogP contribution in [0.5, 0.6) is 0 Å². The summed E-state index contributed by atoms with van der Waals surface area (Å²) in [6, 6.07) is 3.61. The summed E-state index contributed by atoms with van der Waals surface area (Å²) in [7, 11) is 0. The molecule has 1 aromatic rings. The topological polar surface area (TPSA) is 94.3 Å². The molecule has 2 heterocycles. The summed E-state index contributed by atoms with van der Waals surface area (Å²) in [6.45, 7) is 0. The maximum absolute atomic E-state index is 11.7. The van der Waals surface area contributed by atoms with Crippen LogP contribution in [0.4, 0.5) is 5.00 Å². The Morgan fingerprint density at radius 3 is 3.06 bits per heavy atom. The predicted molar refractivity (Wildman–Crippen MR) is 62.5 cm³/mol. The van der Waals surface area contributed by atoms with Crippen molar-refractivity contribution in [3.63, 3.8) is 0 Å². The summed E-state index contributed by atoms with van der Waals surface area (Å²) < 4.78 is 0. The van der Waals surface area contributed by atoms with E-state index in [0.29, 0.717) is 17.0 Å². The number of anilines is 1. The van der Waals surface area contributed by atoms with Crippen LogP contribution in [0.3, 0.4) is 0 Å². The molecule has 2 rings (SSSR count). The van der Waals surface area contributed by atoms with Gasteiger partial charge in [0, 0.05) is 12.8 Å². The Morgan fingerprint density at radius 1 is 1.59 bits per heavy atom. The average molecular weight is 248 g/mol. The number of thiophene rings is 1. The lowest BCUT2D eigenvalue weighted by Crippen LogP contribution is -2.32. The first-order chi connectivity index (χ1) is 8.20. The molecule has 0 bridgehead atoms. The zero-order chi connectivity index (χ0) is 12.3. The SMILES string of the molecule is N#Cc1ccsc1NC(=O)C1=NNC(=O)CC1. The standard InChI is InChI=1S/C10H8N4O2S/c11-5-6-3-4-17-10(6)12-9(16)7-1-2-8(15)14-13-7/h3-4H,1-2H2,(H,12,16)(H,14,15). The molecule has 0 spiro atoms. The monoisotopic (exact) mass is 248 g/mol. The van der Waals surface area contributed by atoms with Crippen molar-refractivity contribution in [2.45, 2.75) is 12.8 Å². The van der Waals surface area contributed by atoms with Crippen molar-refractivity contribution in [1.82, 2.24) is 5.43 Å². The summed E-state index contributed by atoms with van der Waals surface area (Å²) in [4.78, 5) is 22.6. The highest BCUT2D eigenvalue weighted by atomic mass is 32.1. The molecule has 6 nitrogen and oxygen atoms in total. The molecule has 2 N–H and O–H groups in total. The molecule has 0 saturated carbocycles. The average Bonchev–Trinajstić information content (AvgIpc) is 2.77. The van der Waals surface area contributed by atoms with E-state index >= 15 is 0 Å². The van der Waals surface area contributed by atoms with Crippen molar-refractivity contribution < 1.29 is 9.59 Å². The molecule has 1 aliphatic rings. The van der Waals surface area contributed by atoms with Crippen molar-refractivity contribution in [1.29, 1.82) is 5.26 Å². The van der Waals surface area contributed by atoms with E-state index in [4.69, 9.17) is 5.26 Å². The zero-order valence-corrected chi connectivity index (χ0v) is 9.50. The maximum atomic E-state index is 11.7. The first-order valence-electron chi connectivity index (χ1n) is 4.85. The van der Waals surface area contributed by atoms with Gasteiger partial charge in [-0.15, -0.1) is 11.3 Å². The van der Waals surface area contributed by atoms with Crippen LogP contribution < -0.4 is 10.7 Å². The number of nitrogens with one attached hydrogen (secondary N) is 2. The highest BCUT2D eigenvalue weighted by Gasteiger charge is 2.19. The highest BCUT2D eigenvalue weighted by molar-refractivity contribution is 7.14. The molecule has 86 valence electrons. The minimum absolute atomic E-state index is 0.199. The van der Waals surface area contributed by atoms with E-state index in [2.05, 4.69) is 15.8 Å². The quantitative estimate of drug-likeness (QED) is 0.811. The van der Waals surface area contributed by atoms with Gasteiger partial charge in [0.15, 0.2) is 0 Å². The molecule has 1 aliphatic heterocycles. The summed E-state index contributed by atoms with van der Waals surface area (Å²) >= 11 is 1.27. The molecule has 0 saturated heterocycles. The van der Waals surface area contributed by atoms with E-state index in [9.17, 15) is 9.59 Å². The van der Waals surface area contributed by atoms with Gasteiger partial charge in [0.2, 0.25) is 5.91 Å². The Morgan fingerprint density at radius 2 is 2.41 bits per heavy atom. The van der Waals surface area contributed by atoms with Gasteiger partial charge < -0.3 is 5.32 Å². The predicted octanol–water partition coefficient (Wildman–Crippen LogP) is 0.824. The van der Waals surface area contributed by atoms with Crippen LogP contribution in [-0.4, -0.2) is 17.5 Å². The van der Waals surface area contributed by atoms with Gasteiger partial charge >= 0.3 is 0 Å². The second-order valence-electron chi connectivity index (χ2n) is 3.32. The maximum Gasteiger partial charge on any atom is 0.272 e. The zero-order valence-electron chi connectivity index (χ0n) is 8.69. The second-order valence-corrected chi connectivity index (χ2v) is 4.24. The van der Waals surface area contributed by atoms with Crippen LogP contribution in [0.15, 0.2) is 16.5 Å². The Balaban J connectivity index is 2.08. The van der Waals surface area contributed by atoms with E-state index in [-0.39, 0.29) is 23.9 Å². The molecule has 0 atom stereocenters. The third-order valence-electron chi connectivity index (χ3n) is 2.18. The minimum Gasteiger partial charge on any atom is -0.311 e. The molecule has 7 heteroatoms. The van der Waals surface area contributed by atoms with Crippen molar-refractivity contribution >= 4 is 33.9 Å². The van der Waals surface area contributed by atoms with Crippen LogP contribution >= 0.6 is 11.3 Å². The van der Waals surface area contributed by atoms with E-state index in [1.165, 1.54) is 11.3 Å². The first kappa shape index (κ1) is 11.3. The van der Waals surface area contributed by atoms with Gasteiger partial charge in [-0.3, -0.25) is 9.59 Å². The molecule has 0 fully saturated rings. The van der Waals surface area contributed by atoms with E-state index in [1.807, 2.05) is 6.07 Å². The summed E-state index contributed by atoms with van der Waals surface area (Å²) in [5.41, 5.74) is 2.93. The number of nitriles is 1. The van der Waals surface area contributed by atoms with Crippen LogP contribution in [-0.2, 0) is 9.59 Å². The van der Waals surface area contributed by atoms with Gasteiger partial charge in [-0.1, -0.05) is 0 Å². The fourth-order valence-corrected chi connectivity index (χ4v) is 2.04. The van der Waals surface area contributed by atoms with Gasteiger partial charge in [-0.2, -0.15) is 10.4 Å². The molecule has 17 heavy (non-hydrogen) atoms. The van der Waals surface area contributed by atoms with Crippen LogP contribution in [0.1, 0.15) is 18.4 Å². The number of amides is 2. The third kappa shape index (κ3) is 2.49. The van der Waals surface area contributed by atoms with Crippen molar-refractivity contribution in [2.24, 2.45) is 5.10 Å². The lowest BCUT2D eigenvalue weighted by atomic mass is 10.1. The number of nitrogens with zero attached hydrogens (tertiary/aromatic N) is 2. The second kappa shape index (κ2) is 4.76. The lowest BCUT2D eigenvalue weighted by Gasteiger charge is -2.11. The molecule has 2 amide bonds. The highest BCUT2D eigenvalue weighted by Crippen LogP contribution is 2.22. The number of rotatable bonds is 2. The lowest BCUT2D eigenvalue weighted by molar-refractivity contribution is -0.121. The molecular formula is C10H8N4O2S. The summed E-state index contributed by atoms with van der Waals surface area (Å²) in [5, 5.41) is 17.3. The van der Waals surface area contributed by atoms with Crippen molar-refractivity contribution in [2.75, 3.05) is 5.32 Å². The van der Waals surface area contributed by atoms with Crippen LogP contribution in [0.25, 0.3) is 0 Å². The van der Waals surface area contributed by atoms with Crippen LogP contribution in [0.2, 0.25) is 0 Å². The number of carbonyl (C=O) groups is 2. The third-order valence-corrected chi connectivity index (χ3v) is 3.01. The Kier molecular flexibility index (Phi) is 3.16. The van der Waals surface area contributed by atoms with Gasteiger partial charge in [0.05, 0.1) is 5.56 Å². The van der Waals surface area contributed by atoms with Gasteiger partial charge in [-0.25, -0.2) is 5.43 Å². The van der Waals surface area contributed by atoms with Gasteiger partial charge in [0.1, 0.15) is 16.8 Å². The largest absolute Gasteiger partial charge is 0.311 e. The molecule has 1 aromatic heterocycles. The first-order valence-corrected chi connectivity index (χ1v) is 5.73. The number of hydrogen-bond donors (Lipinski definition) is 2. The molecule has 0 unspecified atom stereocenters. The van der Waals surface area contributed by atoms with Gasteiger partial charge in [-0.05, 0) is 11.4 Å². The van der Waals surface area contributed by atoms with Crippen LogP contribution in [0, 0.1) is 11.3 Å². The molecule has 0 aromatic carbocycles. The fraction of sp³-hybridized carbons (Fsp3) is 0.200. The fourth-order valence-electron chi connectivity index (χ4n) is 1.31.